The third-order valence-corrected chi connectivity index (χ3v) is 3.96. The first-order valence-corrected chi connectivity index (χ1v) is 7.34. The van der Waals surface area contributed by atoms with Gasteiger partial charge >= 0.3 is 14.2 Å². The highest BCUT2D eigenvalue weighted by molar-refractivity contribution is 6.63. The molecule has 0 fully saturated rings. The van der Waals surface area contributed by atoms with Crippen molar-refractivity contribution in [2.75, 3.05) is 0 Å². The average molecular weight is 321 g/mol. The second kappa shape index (κ2) is 6.99. The molecule has 2 heterocycles. The van der Waals surface area contributed by atoms with Crippen molar-refractivity contribution in [3.05, 3.63) is 58.7 Å². The molecule has 0 spiro atoms. The minimum Gasteiger partial charge on any atom is -0.423 e. The van der Waals surface area contributed by atoms with Crippen LogP contribution in [0.4, 0.5) is 0 Å². The Kier molecular flexibility index (Phi) is 4.79. The van der Waals surface area contributed by atoms with E-state index >= 15 is 0 Å². The molecule has 6 nitrogen and oxygen atoms in total. The molecule has 0 unspecified atom stereocenters. The van der Waals surface area contributed by atoms with Crippen LogP contribution in [0.15, 0.2) is 36.4 Å². The number of rotatable bonds is 1. The van der Waals surface area contributed by atoms with Crippen LogP contribution in [0.5, 0.6) is 0 Å². The predicted molar refractivity (Wildman–Crippen MR) is 87.8 cm³/mol. The monoisotopic (exact) mass is 321 g/mol. The van der Waals surface area contributed by atoms with Crippen molar-refractivity contribution in [2.45, 2.75) is 13.2 Å². The second-order valence-electron chi connectivity index (χ2n) is 5.35. The number of carbonyl (C=O) groups excluding carboxylic acids is 1. The van der Waals surface area contributed by atoms with Crippen molar-refractivity contribution in [1.29, 1.82) is 5.26 Å². The van der Waals surface area contributed by atoms with Gasteiger partial charge in [0.25, 0.3) is 0 Å². The van der Waals surface area contributed by atoms with Gasteiger partial charge in [-0.2, -0.15) is 5.26 Å². The molecule has 2 N–H and O–H groups in total. The normalized spacial score (nSPS) is 14.4. The lowest BCUT2D eigenvalue weighted by molar-refractivity contribution is 0.112. The molecule has 0 radical (unpaired) electrons. The van der Waals surface area contributed by atoms with Crippen LogP contribution < -0.4 is 10.9 Å². The minimum absolute atomic E-state index is 0.387. The number of benzene rings is 2. The molecule has 0 aromatic heterocycles. The van der Waals surface area contributed by atoms with E-state index in [1.54, 1.807) is 24.3 Å². The van der Waals surface area contributed by atoms with Gasteiger partial charge in [0.05, 0.1) is 24.8 Å². The van der Waals surface area contributed by atoms with Gasteiger partial charge in [-0.3, -0.25) is 4.79 Å². The summed E-state index contributed by atoms with van der Waals surface area (Å²) in [5, 5.41) is 27.3. The molecule has 0 saturated carbocycles. The summed E-state index contributed by atoms with van der Waals surface area (Å²) in [7, 11) is -1.85. The van der Waals surface area contributed by atoms with Gasteiger partial charge in [-0.25, -0.2) is 0 Å². The summed E-state index contributed by atoms with van der Waals surface area (Å²) < 4.78 is 9.93. The third kappa shape index (κ3) is 2.98. The molecule has 2 aromatic rings. The highest BCUT2D eigenvalue weighted by Crippen LogP contribution is 2.12. The van der Waals surface area contributed by atoms with Crippen LogP contribution in [-0.2, 0) is 22.5 Å². The van der Waals surface area contributed by atoms with Crippen molar-refractivity contribution in [3.8, 4) is 6.07 Å². The lowest BCUT2D eigenvalue weighted by Crippen LogP contribution is -2.31. The van der Waals surface area contributed by atoms with E-state index in [0.29, 0.717) is 35.3 Å². The van der Waals surface area contributed by atoms with Crippen molar-refractivity contribution < 1.29 is 24.2 Å². The van der Waals surface area contributed by atoms with Gasteiger partial charge < -0.3 is 19.4 Å². The van der Waals surface area contributed by atoms with E-state index in [1.807, 2.05) is 18.2 Å². The summed E-state index contributed by atoms with van der Waals surface area (Å²) in [4.78, 5) is 10.5. The zero-order chi connectivity index (χ0) is 17.1. The SMILES string of the molecule is N#Cc1cccc2c1B(O)OC2.O=Cc1cccc2c1B(O)OC2. The first-order valence-electron chi connectivity index (χ1n) is 7.34. The van der Waals surface area contributed by atoms with Crippen LogP contribution in [0.1, 0.15) is 27.0 Å². The molecule has 2 aliphatic heterocycles. The lowest BCUT2D eigenvalue weighted by Gasteiger charge is -1.99. The van der Waals surface area contributed by atoms with Gasteiger partial charge in [-0.15, -0.1) is 0 Å². The van der Waals surface area contributed by atoms with Gasteiger partial charge in [-0.1, -0.05) is 30.3 Å². The summed E-state index contributed by atoms with van der Waals surface area (Å²) in [6, 6.07) is 12.6. The Morgan fingerprint density at radius 3 is 2.21 bits per heavy atom. The van der Waals surface area contributed by atoms with Crippen molar-refractivity contribution >= 4 is 31.4 Å². The van der Waals surface area contributed by atoms with E-state index in [-0.39, 0.29) is 0 Å². The van der Waals surface area contributed by atoms with E-state index in [9.17, 15) is 14.8 Å². The summed E-state index contributed by atoms with van der Waals surface area (Å²) in [5.74, 6) is 0. The summed E-state index contributed by atoms with van der Waals surface area (Å²) in [6.45, 7) is 0.782. The molecular formula is C16H13B2NO5. The lowest BCUT2D eigenvalue weighted by atomic mass is 9.76. The number of nitriles is 1. The number of hydrogen-bond donors (Lipinski definition) is 2. The zero-order valence-corrected chi connectivity index (χ0v) is 12.7. The van der Waals surface area contributed by atoms with Crippen LogP contribution in [-0.4, -0.2) is 30.6 Å². The van der Waals surface area contributed by atoms with Crippen LogP contribution in [0.2, 0.25) is 0 Å². The Balaban J connectivity index is 0.000000141. The maximum absolute atomic E-state index is 10.5. The molecule has 8 heteroatoms. The molecular weight excluding hydrogens is 308 g/mol. The van der Waals surface area contributed by atoms with Crippen molar-refractivity contribution in [1.82, 2.24) is 0 Å². The highest BCUT2D eigenvalue weighted by Gasteiger charge is 2.30. The molecule has 0 saturated heterocycles. The van der Waals surface area contributed by atoms with E-state index in [4.69, 9.17) is 14.6 Å². The summed E-state index contributed by atoms with van der Waals surface area (Å²) in [6.07, 6.45) is 0.733. The smallest absolute Gasteiger partial charge is 0.423 e. The molecule has 0 aliphatic carbocycles. The molecule has 24 heavy (non-hydrogen) atoms. The van der Waals surface area contributed by atoms with E-state index in [1.165, 1.54) is 0 Å². The van der Waals surface area contributed by atoms with Gasteiger partial charge in [0.15, 0.2) is 0 Å². The van der Waals surface area contributed by atoms with Crippen molar-refractivity contribution in [2.24, 2.45) is 0 Å². The number of aldehydes is 1. The zero-order valence-electron chi connectivity index (χ0n) is 12.7. The quantitative estimate of drug-likeness (QED) is 0.542. The first-order chi connectivity index (χ1) is 11.7. The third-order valence-electron chi connectivity index (χ3n) is 3.96. The Morgan fingerprint density at radius 2 is 1.58 bits per heavy atom. The van der Waals surface area contributed by atoms with Gasteiger partial charge in [0.1, 0.15) is 6.29 Å². The van der Waals surface area contributed by atoms with Gasteiger partial charge in [0.2, 0.25) is 0 Å². The fraction of sp³-hybridized carbons (Fsp3) is 0.125. The Morgan fingerprint density at radius 1 is 1.00 bits per heavy atom. The van der Waals surface area contributed by atoms with Crippen molar-refractivity contribution in [3.63, 3.8) is 0 Å². The van der Waals surface area contributed by atoms with E-state index < -0.39 is 14.2 Å². The molecule has 0 bridgehead atoms. The van der Waals surface area contributed by atoms with Crippen LogP contribution >= 0.6 is 0 Å². The molecule has 4 rings (SSSR count). The summed E-state index contributed by atoms with van der Waals surface area (Å²) in [5.41, 5.74) is 4.05. The maximum atomic E-state index is 10.5. The number of carbonyl (C=O) groups is 1. The minimum atomic E-state index is -0.929. The molecule has 2 aromatic carbocycles. The topological polar surface area (TPSA) is 99.8 Å². The molecule has 0 amide bonds. The second-order valence-corrected chi connectivity index (χ2v) is 5.35. The van der Waals surface area contributed by atoms with Crippen LogP contribution in [0.25, 0.3) is 0 Å². The number of nitrogens with zero attached hydrogens (tertiary/aromatic N) is 1. The van der Waals surface area contributed by atoms with Crippen LogP contribution in [0, 0.1) is 11.3 Å². The van der Waals surface area contributed by atoms with Crippen LogP contribution in [0.3, 0.4) is 0 Å². The standard InChI is InChI=1S/C8H6BNO2.C8H7BO3/c2*10-4-6-2-1-3-7-5-12-9(11)8(6)7/h1-3,11H,5H2;1-4,11H,5H2. The summed E-state index contributed by atoms with van der Waals surface area (Å²) >= 11 is 0. The molecule has 118 valence electrons. The largest absolute Gasteiger partial charge is 0.493 e. The fourth-order valence-corrected chi connectivity index (χ4v) is 2.79. The Hall–Kier alpha value is -2.43. The predicted octanol–water partition coefficient (Wildman–Crippen LogP) is -0.507. The number of fused-ring (bicyclic) bond motifs is 2. The van der Waals surface area contributed by atoms with Gasteiger partial charge in [-0.05, 0) is 22.7 Å². The first kappa shape index (κ1) is 16.4. The van der Waals surface area contributed by atoms with E-state index in [0.717, 1.165) is 17.4 Å². The maximum Gasteiger partial charge on any atom is 0.493 e. The number of hydrogen-bond acceptors (Lipinski definition) is 6. The van der Waals surface area contributed by atoms with Gasteiger partial charge in [0, 0.05) is 11.0 Å². The molecule has 0 atom stereocenters. The average Bonchev–Trinajstić information content (AvgIpc) is 3.19. The van der Waals surface area contributed by atoms with E-state index in [2.05, 4.69) is 0 Å². The Bertz CT molecular complexity index is 821. The fourth-order valence-electron chi connectivity index (χ4n) is 2.79. The molecule has 2 aliphatic rings. The Labute approximate surface area is 139 Å². The highest BCUT2D eigenvalue weighted by atomic mass is 16.5.